The number of benzene rings is 1. The second-order valence-corrected chi connectivity index (χ2v) is 6.07. The Bertz CT molecular complexity index is 383. The summed E-state index contributed by atoms with van der Waals surface area (Å²) in [5.41, 5.74) is 3.70. The van der Waals surface area contributed by atoms with Gasteiger partial charge in [0.1, 0.15) is 5.78 Å². The number of rotatable bonds is 6. The van der Waals surface area contributed by atoms with Crippen molar-refractivity contribution in [2.24, 2.45) is 5.92 Å². The lowest BCUT2D eigenvalue weighted by Gasteiger charge is -2.06. The first kappa shape index (κ1) is 14.3. The second-order valence-electron chi connectivity index (χ2n) is 5.04. The predicted octanol–water partition coefficient (Wildman–Crippen LogP) is 3.80. The van der Waals surface area contributed by atoms with Crippen LogP contribution in [0.4, 0.5) is 0 Å². The summed E-state index contributed by atoms with van der Waals surface area (Å²) in [5.74, 6) is 2.71. The largest absolute Gasteiger partial charge is 0.298 e. The third-order valence-corrected chi connectivity index (χ3v) is 4.12. The fourth-order valence-electron chi connectivity index (χ4n) is 1.60. The Labute approximate surface area is 109 Å². The van der Waals surface area contributed by atoms with E-state index in [1.165, 1.54) is 11.1 Å². The molecule has 94 valence electrons. The topological polar surface area (TPSA) is 17.1 Å². The Hall–Kier alpha value is -0.760. The van der Waals surface area contributed by atoms with Gasteiger partial charge in [-0.15, -0.1) is 0 Å². The molecule has 0 aliphatic heterocycles. The zero-order valence-electron chi connectivity index (χ0n) is 11.2. The maximum absolute atomic E-state index is 11.8. The number of hydrogen-bond donors (Lipinski definition) is 0. The fraction of sp³-hybridized carbons (Fsp3) is 0.533. The third-order valence-electron chi connectivity index (χ3n) is 2.69. The molecule has 0 unspecified atom stereocenters. The molecule has 0 fully saturated rings. The zero-order valence-corrected chi connectivity index (χ0v) is 12.1. The summed E-state index contributed by atoms with van der Waals surface area (Å²) in [7, 11) is 0. The molecule has 0 aromatic heterocycles. The number of aryl methyl sites for hydroxylation is 2. The van der Waals surface area contributed by atoms with Gasteiger partial charge in [0.2, 0.25) is 0 Å². The van der Waals surface area contributed by atoms with Gasteiger partial charge in [0.15, 0.2) is 0 Å². The van der Waals surface area contributed by atoms with Crippen molar-refractivity contribution in [1.82, 2.24) is 0 Å². The summed E-state index contributed by atoms with van der Waals surface area (Å²) in [6, 6.07) is 6.28. The van der Waals surface area contributed by atoms with E-state index in [-0.39, 0.29) is 0 Å². The number of carbonyl (C=O) groups excluding carboxylic acids is 1. The maximum atomic E-state index is 11.8. The molecular weight excluding hydrogens is 228 g/mol. The van der Waals surface area contributed by atoms with E-state index < -0.39 is 0 Å². The van der Waals surface area contributed by atoms with Crippen molar-refractivity contribution in [1.29, 1.82) is 0 Å². The van der Waals surface area contributed by atoms with Crippen LogP contribution in [0.5, 0.6) is 0 Å². The zero-order chi connectivity index (χ0) is 12.8. The first-order valence-electron chi connectivity index (χ1n) is 6.14. The van der Waals surface area contributed by atoms with Crippen LogP contribution >= 0.6 is 11.8 Å². The van der Waals surface area contributed by atoms with Gasteiger partial charge in [-0.3, -0.25) is 4.79 Å². The van der Waals surface area contributed by atoms with Crippen LogP contribution in [-0.2, 0) is 11.2 Å². The Balaban J connectivity index is 2.42. The SMILES string of the molecule is Cc1ccc(CC(=O)CSCC(C)C)cc1C. The minimum absolute atomic E-state index is 0.332. The van der Waals surface area contributed by atoms with Gasteiger partial charge in [-0.2, -0.15) is 11.8 Å². The highest BCUT2D eigenvalue weighted by molar-refractivity contribution is 7.99. The number of carbonyl (C=O) groups is 1. The lowest BCUT2D eigenvalue weighted by molar-refractivity contribution is -0.116. The van der Waals surface area contributed by atoms with Crippen LogP contribution in [-0.4, -0.2) is 17.3 Å². The summed E-state index contributed by atoms with van der Waals surface area (Å²) >= 11 is 1.75. The van der Waals surface area contributed by atoms with Crippen molar-refractivity contribution in [2.45, 2.75) is 34.1 Å². The van der Waals surface area contributed by atoms with Gasteiger partial charge >= 0.3 is 0 Å². The first-order valence-corrected chi connectivity index (χ1v) is 7.30. The monoisotopic (exact) mass is 250 g/mol. The van der Waals surface area contributed by atoms with Crippen molar-refractivity contribution in [2.75, 3.05) is 11.5 Å². The molecule has 0 bridgehead atoms. The van der Waals surface area contributed by atoms with Crippen LogP contribution in [0.3, 0.4) is 0 Å². The minimum Gasteiger partial charge on any atom is -0.298 e. The first-order chi connectivity index (χ1) is 7.99. The highest BCUT2D eigenvalue weighted by Gasteiger charge is 2.05. The van der Waals surface area contributed by atoms with E-state index in [4.69, 9.17) is 0 Å². The number of hydrogen-bond acceptors (Lipinski definition) is 2. The van der Waals surface area contributed by atoms with Crippen LogP contribution in [0.25, 0.3) is 0 Å². The molecule has 1 nitrogen and oxygen atoms in total. The van der Waals surface area contributed by atoms with Crippen molar-refractivity contribution in [3.05, 3.63) is 34.9 Å². The molecule has 1 aromatic carbocycles. The summed E-state index contributed by atoms with van der Waals surface area (Å²) in [6.07, 6.45) is 0.576. The highest BCUT2D eigenvalue weighted by Crippen LogP contribution is 2.13. The van der Waals surface area contributed by atoms with Crippen molar-refractivity contribution in [3.63, 3.8) is 0 Å². The third kappa shape index (κ3) is 5.40. The molecular formula is C15H22OS. The Morgan fingerprint density at radius 3 is 2.53 bits per heavy atom. The molecule has 17 heavy (non-hydrogen) atoms. The van der Waals surface area contributed by atoms with Gasteiger partial charge in [-0.25, -0.2) is 0 Å². The van der Waals surface area contributed by atoms with Crippen LogP contribution in [0.15, 0.2) is 18.2 Å². The van der Waals surface area contributed by atoms with Gasteiger partial charge in [-0.1, -0.05) is 32.0 Å². The maximum Gasteiger partial charge on any atom is 0.147 e. The molecule has 0 spiro atoms. The molecule has 0 saturated heterocycles. The molecule has 1 rings (SSSR count). The summed E-state index contributed by atoms with van der Waals surface area (Å²) in [6.45, 7) is 8.55. The standard InChI is InChI=1S/C15H22OS/c1-11(2)9-17-10-15(16)8-14-6-5-12(3)13(4)7-14/h5-7,11H,8-10H2,1-4H3. The van der Waals surface area contributed by atoms with E-state index in [0.29, 0.717) is 23.9 Å². The minimum atomic E-state index is 0.332. The van der Waals surface area contributed by atoms with E-state index in [9.17, 15) is 4.79 Å². The molecule has 0 aliphatic rings. The van der Waals surface area contributed by atoms with Crippen LogP contribution in [0.1, 0.15) is 30.5 Å². The highest BCUT2D eigenvalue weighted by atomic mass is 32.2. The number of ketones is 1. The van der Waals surface area contributed by atoms with E-state index in [0.717, 1.165) is 11.3 Å². The van der Waals surface area contributed by atoms with Crippen LogP contribution in [0, 0.1) is 19.8 Å². The van der Waals surface area contributed by atoms with Gasteiger partial charge in [0.05, 0.1) is 5.75 Å². The molecule has 0 atom stereocenters. The van der Waals surface area contributed by atoms with Crippen molar-refractivity contribution < 1.29 is 4.79 Å². The Kier molecular flexibility index (Phi) is 5.76. The van der Waals surface area contributed by atoms with Gasteiger partial charge < -0.3 is 0 Å². The summed E-state index contributed by atoms with van der Waals surface area (Å²) in [4.78, 5) is 11.8. The van der Waals surface area contributed by atoms with E-state index in [2.05, 4.69) is 45.9 Å². The second kappa shape index (κ2) is 6.85. The molecule has 0 N–H and O–H groups in total. The quantitative estimate of drug-likeness (QED) is 0.764. The van der Waals surface area contributed by atoms with Crippen molar-refractivity contribution in [3.8, 4) is 0 Å². The Morgan fingerprint density at radius 2 is 1.94 bits per heavy atom. The molecule has 0 saturated carbocycles. The summed E-state index contributed by atoms with van der Waals surface area (Å²) < 4.78 is 0. The molecule has 0 aliphatic carbocycles. The molecule has 1 aromatic rings. The predicted molar refractivity (Wildman–Crippen MR) is 76.8 cm³/mol. The number of Topliss-reactive ketones (excluding diaryl/α,β-unsaturated/α-hetero) is 1. The lowest BCUT2D eigenvalue weighted by Crippen LogP contribution is -2.07. The number of thioether (sulfide) groups is 1. The van der Waals surface area contributed by atoms with Crippen LogP contribution in [0.2, 0.25) is 0 Å². The fourth-order valence-corrected chi connectivity index (χ4v) is 2.52. The normalized spacial score (nSPS) is 10.9. The molecule has 0 heterocycles. The summed E-state index contributed by atoms with van der Waals surface area (Å²) in [5, 5.41) is 0. The van der Waals surface area contributed by atoms with Gasteiger partial charge in [0.25, 0.3) is 0 Å². The molecule has 0 radical (unpaired) electrons. The average molecular weight is 250 g/mol. The van der Waals surface area contributed by atoms with E-state index in [1.807, 2.05) is 0 Å². The lowest BCUT2D eigenvalue weighted by atomic mass is 10.0. The van der Waals surface area contributed by atoms with Gasteiger partial charge in [-0.05, 0) is 42.2 Å². The van der Waals surface area contributed by atoms with Crippen LogP contribution < -0.4 is 0 Å². The average Bonchev–Trinajstić information content (AvgIpc) is 2.23. The molecule has 0 amide bonds. The Morgan fingerprint density at radius 1 is 1.24 bits per heavy atom. The van der Waals surface area contributed by atoms with Gasteiger partial charge in [0, 0.05) is 6.42 Å². The molecule has 2 heteroatoms. The van der Waals surface area contributed by atoms with E-state index >= 15 is 0 Å². The van der Waals surface area contributed by atoms with E-state index in [1.54, 1.807) is 11.8 Å². The van der Waals surface area contributed by atoms with Crippen molar-refractivity contribution >= 4 is 17.5 Å². The smallest absolute Gasteiger partial charge is 0.147 e.